The molecule has 0 fully saturated rings. The molecule has 37 heavy (non-hydrogen) atoms. The van der Waals surface area contributed by atoms with Crippen molar-refractivity contribution in [3.05, 3.63) is 65.5 Å². The molecule has 4 heterocycles. The molecule has 188 valence electrons. The smallest absolute Gasteiger partial charge is 0.432 e. The van der Waals surface area contributed by atoms with E-state index in [4.69, 9.17) is 10.5 Å². The van der Waals surface area contributed by atoms with Gasteiger partial charge >= 0.3 is 6.18 Å². The molecule has 0 radical (unpaired) electrons. The van der Waals surface area contributed by atoms with Gasteiger partial charge in [-0.2, -0.15) is 23.4 Å². The van der Waals surface area contributed by atoms with Crippen LogP contribution in [0.3, 0.4) is 0 Å². The van der Waals surface area contributed by atoms with Crippen molar-refractivity contribution in [2.24, 2.45) is 7.05 Å². The van der Waals surface area contributed by atoms with Crippen LogP contribution in [-0.2, 0) is 13.2 Å². The number of rotatable bonds is 3. The van der Waals surface area contributed by atoms with Crippen LogP contribution < -0.4 is 10.5 Å². The summed E-state index contributed by atoms with van der Waals surface area (Å²) in [6.45, 7) is 0.215. The Labute approximate surface area is 207 Å². The molecule has 3 aromatic heterocycles. The fraction of sp³-hybridized carbons (Fsp3) is 0.200. The number of alkyl halides is 3. The fourth-order valence-corrected chi connectivity index (χ4v) is 4.72. The molecule has 9 nitrogen and oxygen atoms in total. The number of H-pyrrole nitrogens is 1. The summed E-state index contributed by atoms with van der Waals surface area (Å²) in [7, 11) is 3.49. The van der Waals surface area contributed by atoms with Crippen LogP contribution in [0.15, 0.2) is 48.7 Å². The largest absolute Gasteiger partial charge is 0.491 e. The number of hydrogen-bond acceptors (Lipinski definition) is 6. The van der Waals surface area contributed by atoms with Crippen LogP contribution in [0.25, 0.3) is 33.1 Å². The number of pyridine rings is 1. The van der Waals surface area contributed by atoms with Gasteiger partial charge in [0.1, 0.15) is 23.9 Å². The van der Waals surface area contributed by atoms with Gasteiger partial charge in [0.05, 0.1) is 34.4 Å². The predicted octanol–water partition coefficient (Wildman–Crippen LogP) is 4.32. The molecule has 0 unspecified atom stereocenters. The van der Waals surface area contributed by atoms with Gasteiger partial charge in [0.2, 0.25) is 0 Å². The van der Waals surface area contributed by atoms with Crippen LogP contribution in [0, 0.1) is 0 Å². The second-order valence-corrected chi connectivity index (χ2v) is 8.92. The average molecular weight is 507 g/mol. The number of anilines is 1. The molecule has 1 amide bonds. The third kappa shape index (κ3) is 3.63. The maximum absolute atomic E-state index is 13.5. The maximum atomic E-state index is 13.5. The lowest BCUT2D eigenvalue weighted by molar-refractivity contribution is -0.141. The van der Waals surface area contributed by atoms with Crippen molar-refractivity contribution in [1.82, 2.24) is 29.9 Å². The monoisotopic (exact) mass is 507 g/mol. The molecule has 0 bridgehead atoms. The zero-order valence-electron chi connectivity index (χ0n) is 19.7. The lowest BCUT2D eigenvalue weighted by atomic mass is 10.0. The summed E-state index contributed by atoms with van der Waals surface area (Å²) in [5, 5.41) is 11.5. The number of nitrogens with one attached hydrogen (secondary N) is 1. The van der Waals surface area contributed by atoms with Gasteiger partial charge < -0.3 is 15.4 Å². The minimum absolute atomic E-state index is 0.151. The Morgan fingerprint density at radius 3 is 2.76 bits per heavy atom. The van der Waals surface area contributed by atoms with E-state index in [0.29, 0.717) is 33.6 Å². The van der Waals surface area contributed by atoms with Crippen molar-refractivity contribution >= 4 is 33.5 Å². The fourth-order valence-electron chi connectivity index (χ4n) is 4.72. The number of benzene rings is 2. The number of nitrogens with zero attached hydrogens (tertiary/aromatic N) is 5. The molecule has 0 saturated carbocycles. The van der Waals surface area contributed by atoms with E-state index in [2.05, 4.69) is 15.2 Å². The van der Waals surface area contributed by atoms with E-state index in [9.17, 15) is 18.0 Å². The maximum Gasteiger partial charge on any atom is 0.432 e. The number of fused-ring (bicyclic) bond motifs is 4. The molecule has 0 spiro atoms. The van der Waals surface area contributed by atoms with Crippen LogP contribution in [0.5, 0.6) is 5.75 Å². The second kappa shape index (κ2) is 7.95. The van der Waals surface area contributed by atoms with Crippen molar-refractivity contribution in [3.8, 4) is 17.0 Å². The van der Waals surface area contributed by atoms with Crippen LogP contribution in [0.1, 0.15) is 27.7 Å². The van der Waals surface area contributed by atoms with Crippen molar-refractivity contribution in [1.29, 1.82) is 0 Å². The third-order valence-corrected chi connectivity index (χ3v) is 6.69. The Bertz CT molecular complexity index is 1710. The number of halogens is 3. The molecule has 2 aromatic carbocycles. The van der Waals surface area contributed by atoms with Crippen LogP contribution in [0.2, 0.25) is 0 Å². The summed E-state index contributed by atoms with van der Waals surface area (Å²) in [6.07, 6.45) is -2.87. The van der Waals surface area contributed by atoms with E-state index in [1.54, 1.807) is 66.3 Å². The zero-order chi connectivity index (χ0) is 26.1. The quantitative estimate of drug-likeness (QED) is 0.376. The molecule has 5 aromatic rings. The number of amides is 1. The van der Waals surface area contributed by atoms with E-state index in [1.807, 2.05) is 5.10 Å². The number of ether oxygens (including phenoxy) is 1. The van der Waals surface area contributed by atoms with Gasteiger partial charge in [0.25, 0.3) is 5.91 Å². The first-order chi connectivity index (χ1) is 17.6. The molecule has 6 rings (SSSR count). The molecule has 1 aliphatic heterocycles. The number of aromatic nitrogens is 5. The average Bonchev–Trinajstić information content (AvgIpc) is 3.61. The van der Waals surface area contributed by atoms with Gasteiger partial charge in [-0.15, -0.1) is 0 Å². The highest BCUT2D eigenvalue weighted by atomic mass is 19.4. The standard InChI is InChI=1S/C25H20F3N7O2/c1-34(24(36)13-4-6-17-15(7-13)22-16(23(29)31-17)10-30-35(22)2)19-11-37-20-8-12(3-5-14(19)20)18-9-21(33-32-18)25(26,27)28/h3-10,19H,11H2,1-2H3,(H2,29,31)(H,32,33)/t19-/m1/s1. The number of aromatic amines is 1. The highest BCUT2D eigenvalue weighted by Gasteiger charge is 2.34. The summed E-state index contributed by atoms with van der Waals surface area (Å²) in [6, 6.07) is 10.9. The van der Waals surface area contributed by atoms with Gasteiger partial charge in [0.15, 0.2) is 0 Å². The summed E-state index contributed by atoms with van der Waals surface area (Å²) in [4.78, 5) is 19.5. The van der Waals surface area contributed by atoms with Gasteiger partial charge in [0, 0.05) is 36.2 Å². The Morgan fingerprint density at radius 2 is 2.00 bits per heavy atom. The molecule has 1 atom stereocenters. The number of nitrogen functional groups attached to an aromatic ring is 1. The van der Waals surface area contributed by atoms with Crippen molar-refractivity contribution in [2.75, 3.05) is 19.4 Å². The molecular weight excluding hydrogens is 487 g/mol. The minimum atomic E-state index is -4.51. The Kier molecular flexibility index (Phi) is 4.90. The molecule has 0 aliphatic carbocycles. The Morgan fingerprint density at radius 1 is 1.19 bits per heavy atom. The summed E-state index contributed by atoms with van der Waals surface area (Å²) in [5.74, 6) is 0.644. The molecule has 3 N–H and O–H groups in total. The lowest BCUT2D eigenvalue weighted by Gasteiger charge is -2.24. The first kappa shape index (κ1) is 22.8. The minimum Gasteiger partial charge on any atom is -0.491 e. The zero-order valence-corrected chi connectivity index (χ0v) is 19.7. The van der Waals surface area contributed by atoms with Gasteiger partial charge in [-0.05, 0) is 30.3 Å². The van der Waals surface area contributed by atoms with Gasteiger partial charge in [-0.1, -0.05) is 12.1 Å². The van der Waals surface area contributed by atoms with Gasteiger partial charge in [-0.25, -0.2) is 4.98 Å². The SMILES string of the molecule is CN(C(=O)c1ccc2nc(N)c3cnn(C)c3c2c1)[C@@H]1COc2cc(-c3cc(C(F)(F)F)[nH]n3)ccc21. The van der Waals surface area contributed by atoms with E-state index in [1.165, 1.54) is 0 Å². The summed E-state index contributed by atoms with van der Waals surface area (Å²) in [5.41, 5.74) is 8.43. The van der Waals surface area contributed by atoms with Crippen molar-refractivity contribution in [3.63, 3.8) is 0 Å². The van der Waals surface area contributed by atoms with E-state index in [-0.39, 0.29) is 24.2 Å². The topological polar surface area (TPSA) is 115 Å². The van der Waals surface area contributed by atoms with E-state index >= 15 is 0 Å². The molecule has 1 aliphatic rings. The number of hydrogen-bond donors (Lipinski definition) is 2. The lowest BCUT2D eigenvalue weighted by Crippen LogP contribution is -2.32. The predicted molar refractivity (Wildman–Crippen MR) is 130 cm³/mol. The number of likely N-dealkylation sites (N-methyl/N-ethyl adjacent to an activating group) is 1. The normalized spacial score (nSPS) is 15.2. The van der Waals surface area contributed by atoms with E-state index in [0.717, 1.165) is 22.5 Å². The van der Waals surface area contributed by atoms with Crippen LogP contribution >= 0.6 is 0 Å². The number of nitrogens with two attached hydrogens (primary N) is 1. The van der Waals surface area contributed by atoms with Crippen molar-refractivity contribution < 1.29 is 22.7 Å². The number of aryl methyl sites for hydroxylation is 1. The highest BCUT2D eigenvalue weighted by Crippen LogP contribution is 2.39. The number of carbonyl (C=O) groups excluding carboxylic acids is 1. The highest BCUT2D eigenvalue weighted by molar-refractivity contribution is 6.10. The Balaban J connectivity index is 1.30. The number of carbonyl (C=O) groups is 1. The first-order valence-electron chi connectivity index (χ1n) is 11.3. The first-order valence-corrected chi connectivity index (χ1v) is 11.3. The third-order valence-electron chi connectivity index (χ3n) is 6.69. The van der Waals surface area contributed by atoms with E-state index < -0.39 is 11.9 Å². The molecule has 12 heteroatoms. The second-order valence-electron chi connectivity index (χ2n) is 8.92. The van der Waals surface area contributed by atoms with Crippen LogP contribution in [-0.4, -0.2) is 49.4 Å². The van der Waals surface area contributed by atoms with Crippen LogP contribution in [0.4, 0.5) is 19.0 Å². The molecular formula is C25H20F3N7O2. The summed E-state index contributed by atoms with van der Waals surface area (Å²) >= 11 is 0. The van der Waals surface area contributed by atoms with Gasteiger partial charge in [-0.3, -0.25) is 14.6 Å². The summed E-state index contributed by atoms with van der Waals surface area (Å²) < 4.78 is 46.3. The molecule has 0 saturated heterocycles. The Hall–Kier alpha value is -4.61. The van der Waals surface area contributed by atoms with Crippen molar-refractivity contribution in [2.45, 2.75) is 12.2 Å².